The van der Waals surface area contributed by atoms with Crippen molar-refractivity contribution >= 4 is 5.71 Å². The summed E-state index contributed by atoms with van der Waals surface area (Å²) in [6, 6.07) is 0. The second-order valence-corrected chi connectivity index (χ2v) is 3.63. The molecule has 74 valence electrons. The van der Waals surface area contributed by atoms with Gasteiger partial charge in [0.25, 0.3) is 0 Å². The van der Waals surface area contributed by atoms with Gasteiger partial charge in [0, 0.05) is 18.7 Å². The van der Waals surface area contributed by atoms with Gasteiger partial charge >= 0.3 is 0 Å². The number of nitrogens with zero attached hydrogens (tertiary/aromatic N) is 1. The summed E-state index contributed by atoms with van der Waals surface area (Å²) in [6.07, 6.45) is 3.75. The second-order valence-electron chi connectivity index (χ2n) is 3.63. The van der Waals surface area contributed by atoms with Crippen LogP contribution in [-0.4, -0.2) is 18.9 Å². The van der Waals surface area contributed by atoms with Crippen molar-refractivity contribution in [3.63, 3.8) is 0 Å². The third-order valence-electron chi connectivity index (χ3n) is 2.91. The molecule has 0 saturated heterocycles. The third-order valence-corrected chi connectivity index (χ3v) is 2.91. The van der Waals surface area contributed by atoms with E-state index in [0.29, 0.717) is 12.3 Å². The van der Waals surface area contributed by atoms with Gasteiger partial charge in [-0.1, -0.05) is 13.0 Å². The molecule has 0 aromatic heterocycles. The zero-order valence-electron chi connectivity index (χ0n) is 8.68. The summed E-state index contributed by atoms with van der Waals surface area (Å²) < 4.78 is 13.5. The van der Waals surface area contributed by atoms with E-state index in [-0.39, 0.29) is 0 Å². The van der Waals surface area contributed by atoms with Crippen LogP contribution in [0.4, 0.5) is 4.39 Å². The van der Waals surface area contributed by atoms with Gasteiger partial charge in [0.2, 0.25) is 0 Å². The lowest BCUT2D eigenvalue weighted by molar-refractivity contribution is 0.314. The highest BCUT2D eigenvalue weighted by atomic mass is 19.1. The van der Waals surface area contributed by atoms with Crippen LogP contribution in [0.25, 0.3) is 0 Å². The second kappa shape index (κ2) is 4.54. The first kappa shape index (κ1) is 10.4. The Morgan fingerprint density at radius 2 is 2.38 bits per heavy atom. The monoisotopic (exact) mass is 183 g/mol. The zero-order chi connectivity index (χ0) is 9.84. The van der Waals surface area contributed by atoms with Crippen LogP contribution in [0.3, 0.4) is 0 Å². The fourth-order valence-corrected chi connectivity index (χ4v) is 1.81. The highest BCUT2D eigenvalue weighted by Gasteiger charge is 2.24. The van der Waals surface area contributed by atoms with Crippen molar-refractivity contribution in [2.75, 3.05) is 7.05 Å². The molecule has 0 aliphatic heterocycles. The minimum Gasteiger partial charge on any atom is -0.297 e. The topological polar surface area (TPSA) is 12.4 Å². The van der Waals surface area contributed by atoms with E-state index >= 15 is 0 Å². The molecule has 0 heterocycles. The Morgan fingerprint density at radius 3 is 2.85 bits per heavy atom. The van der Waals surface area contributed by atoms with Gasteiger partial charge in [0.15, 0.2) is 0 Å². The minimum atomic E-state index is -0.736. The minimum absolute atomic E-state index is 0.329. The summed E-state index contributed by atoms with van der Waals surface area (Å²) in [7, 11) is 1.78. The van der Waals surface area contributed by atoms with Gasteiger partial charge in [0.05, 0.1) is 0 Å². The maximum atomic E-state index is 13.5. The molecule has 0 radical (unpaired) electrons. The molecule has 1 aliphatic carbocycles. The van der Waals surface area contributed by atoms with Crippen LogP contribution >= 0.6 is 0 Å². The van der Waals surface area contributed by atoms with Crippen molar-refractivity contribution in [1.29, 1.82) is 0 Å². The lowest BCUT2D eigenvalue weighted by Gasteiger charge is -2.24. The van der Waals surface area contributed by atoms with E-state index in [2.05, 4.69) is 4.99 Å². The number of allylic oxidation sites excluding steroid dienone is 2. The number of alkyl halides is 1. The quantitative estimate of drug-likeness (QED) is 0.460. The molecule has 0 fully saturated rings. The van der Waals surface area contributed by atoms with E-state index < -0.39 is 6.17 Å². The molecule has 2 atom stereocenters. The van der Waals surface area contributed by atoms with Crippen molar-refractivity contribution in [3.8, 4) is 0 Å². The number of hydrogen-bond acceptors (Lipinski definition) is 1. The third kappa shape index (κ3) is 2.39. The standard InChI is InChI=1S/C11H18FN/c1-4-9-5-6-10(7-11(9)12)8(2)13-3/h5,10-11H,4,6-7H2,1-3H3/t10?,11-/m0/s1. The Morgan fingerprint density at radius 1 is 1.69 bits per heavy atom. The number of hydrogen-bond donors (Lipinski definition) is 0. The maximum Gasteiger partial charge on any atom is 0.122 e. The van der Waals surface area contributed by atoms with Gasteiger partial charge in [-0.25, -0.2) is 4.39 Å². The summed E-state index contributed by atoms with van der Waals surface area (Å²) in [5.74, 6) is 0.329. The first-order chi connectivity index (χ1) is 6.19. The van der Waals surface area contributed by atoms with Crippen molar-refractivity contribution in [2.24, 2.45) is 10.9 Å². The lowest BCUT2D eigenvalue weighted by atomic mass is 9.85. The molecule has 0 N–H and O–H groups in total. The van der Waals surface area contributed by atoms with Crippen LogP contribution in [0.1, 0.15) is 33.1 Å². The molecule has 0 aromatic carbocycles. The van der Waals surface area contributed by atoms with E-state index in [1.165, 1.54) is 0 Å². The summed E-state index contributed by atoms with van der Waals surface area (Å²) >= 11 is 0. The molecule has 1 rings (SSSR count). The molecular weight excluding hydrogens is 165 g/mol. The summed E-state index contributed by atoms with van der Waals surface area (Å²) in [5, 5.41) is 0. The van der Waals surface area contributed by atoms with Crippen LogP contribution in [0.15, 0.2) is 16.6 Å². The van der Waals surface area contributed by atoms with Gasteiger partial charge in [-0.2, -0.15) is 0 Å². The Labute approximate surface area is 79.8 Å². The highest BCUT2D eigenvalue weighted by Crippen LogP contribution is 2.28. The normalized spacial score (nSPS) is 30.2. The number of aliphatic imine (C=N–C) groups is 1. The van der Waals surface area contributed by atoms with Crippen molar-refractivity contribution < 1.29 is 4.39 Å². The predicted octanol–water partition coefficient (Wildman–Crippen LogP) is 3.16. The van der Waals surface area contributed by atoms with Crippen LogP contribution in [-0.2, 0) is 0 Å². The molecule has 1 nitrogen and oxygen atoms in total. The Balaban J connectivity index is 2.66. The van der Waals surface area contributed by atoms with Gasteiger partial charge in [-0.15, -0.1) is 0 Å². The Hall–Kier alpha value is -0.660. The summed E-state index contributed by atoms with van der Waals surface area (Å²) in [5.41, 5.74) is 2.05. The molecule has 0 saturated carbocycles. The molecule has 2 heteroatoms. The van der Waals surface area contributed by atoms with Gasteiger partial charge in [-0.3, -0.25) is 4.99 Å². The van der Waals surface area contributed by atoms with Crippen molar-refractivity contribution in [3.05, 3.63) is 11.6 Å². The highest BCUT2D eigenvalue weighted by molar-refractivity contribution is 5.84. The SMILES string of the molecule is CCC1=CCC(C(C)=NC)C[C@@H]1F. The smallest absolute Gasteiger partial charge is 0.122 e. The van der Waals surface area contributed by atoms with Gasteiger partial charge in [0.1, 0.15) is 6.17 Å². The van der Waals surface area contributed by atoms with E-state index in [1.807, 2.05) is 19.9 Å². The largest absolute Gasteiger partial charge is 0.297 e. The molecule has 0 spiro atoms. The molecule has 1 aliphatic rings. The molecule has 0 bridgehead atoms. The first-order valence-electron chi connectivity index (χ1n) is 4.95. The number of halogens is 1. The van der Waals surface area contributed by atoms with Gasteiger partial charge in [-0.05, 0) is 31.8 Å². The molecule has 0 amide bonds. The predicted molar refractivity (Wildman–Crippen MR) is 55.0 cm³/mol. The fourth-order valence-electron chi connectivity index (χ4n) is 1.81. The van der Waals surface area contributed by atoms with E-state index in [9.17, 15) is 4.39 Å². The lowest BCUT2D eigenvalue weighted by Crippen LogP contribution is -2.22. The van der Waals surface area contributed by atoms with Crippen LogP contribution in [0.5, 0.6) is 0 Å². The molecule has 13 heavy (non-hydrogen) atoms. The fraction of sp³-hybridized carbons (Fsp3) is 0.727. The van der Waals surface area contributed by atoms with E-state index in [1.54, 1.807) is 7.05 Å². The molecule has 0 aromatic rings. The maximum absolute atomic E-state index is 13.5. The van der Waals surface area contributed by atoms with E-state index in [4.69, 9.17) is 0 Å². The first-order valence-corrected chi connectivity index (χ1v) is 4.95. The Kier molecular flexibility index (Phi) is 3.64. The van der Waals surface area contributed by atoms with Crippen molar-refractivity contribution in [1.82, 2.24) is 0 Å². The zero-order valence-corrected chi connectivity index (χ0v) is 8.68. The summed E-state index contributed by atoms with van der Waals surface area (Å²) in [6.45, 7) is 4.00. The van der Waals surface area contributed by atoms with Crippen LogP contribution < -0.4 is 0 Å². The van der Waals surface area contributed by atoms with Gasteiger partial charge < -0.3 is 0 Å². The average molecular weight is 183 g/mol. The molecule has 1 unspecified atom stereocenters. The van der Waals surface area contributed by atoms with Crippen LogP contribution in [0, 0.1) is 5.92 Å². The van der Waals surface area contributed by atoms with Crippen LogP contribution in [0.2, 0.25) is 0 Å². The Bertz CT molecular complexity index is 230. The van der Waals surface area contributed by atoms with Crippen molar-refractivity contribution in [2.45, 2.75) is 39.3 Å². The molecular formula is C11H18FN. The summed E-state index contributed by atoms with van der Waals surface area (Å²) in [4.78, 5) is 4.12. The average Bonchev–Trinajstić information content (AvgIpc) is 2.16. The number of rotatable bonds is 2. The van der Waals surface area contributed by atoms with E-state index in [0.717, 1.165) is 24.1 Å².